The highest BCUT2D eigenvalue weighted by atomic mass is 32.2. The Kier molecular flexibility index (Phi) is 6.98. The van der Waals surface area contributed by atoms with Gasteiger partial charge in [0, 0.05) is 39.3 Å². The van der Waals surface area contributed by atoms with Gasteiger partial charge in [0.15, 0.2) is 0 Å². The number of carbonyl (C=O) groups is 1. The minimum absolute atomic E-state index is 0.0479. The molecule has 29 heavy (non-hydrogen) atoms. The van der Waals surface area contributed by atoms with Gasteiger partial charge in [0.1, 0.15) is 0 Å². The van der Waals surface area contributed by atoms with E-state index in [1.807, 2.05) is 35.8 Å². The molecular weight excluding hydrogens is 390 g/mol. The van der Waals surface area contributed by atoms with Crippen LogP contribution in [0.15, 0.2) is 29.2 Å². The molecule has 0 saturated carbocycles. The number of ether oxygens (including phenoxy) is 1. The Morgan fingerprint density at radius 1 is 1.03 bits per heavy atom. The Morgan fingerprint density at radius 3 is 2.10 bits per heavy atom. The zero-order valence-electron chi connectivity index (χ0n) is 17.9. The highest BCUT2D eigenvalue weighted by molar-refractivity contribution is 7.89. The minimum atomic E-state index is -3.50. The number of benzene rings is 1. The molecule has 0 spiro atoms. The first kappa shape index (κ1) is 22.2. The quantitative estimate of drug-likeness (QED) is 0.722. The first-order chi connectivity index (χ1) is 13.7. The number of hydrogen-bond donors (Lipinski definition) is 0. The molecule has 0 aromatic heterocycles. The highest BCUT2D eigenvalue weighted by Crippen LogP contribution is 2.21. The van der Waals surface area contributed by atoms with Gasteiger partial charge in [-0.3, -0.25) is 9.69 Å². The van der Waals surface area contributed by atoms with Crippen LogP contribution in [0.25, 0.3) is 0 Å². The van der Waals surface area contributed by atoms with Crippen molar-refractivity contribution in [3.05, 3.63) is 29.8 Å². The number of carbonyl (C=O) groups excluding carboxylic acids is 1. The first-order valence-electron chi connectivity index (χ1n) is 10.4. The van der Waals surface area contributed by atoms with Crippen LogP contribution in [0.4, 0.5) is 0 Å². The van der Waals surface area contributed by atoms with Crippen LogP contribution < -0.4 is 0 Å². The average molecular weight is 424 g/mol. The van der Waals surface area contributed by atoms with Gasteiger partial charge in [-0.2, -0.15) is 4.31 Å². The monoisotopic (exact) mass is 423 g/mol. The highest BCUT2D eigenvalue weighted by Gasteiger charge is 2.31. The predicted molar refractivity (Wildman–Crippen MR) is 112 cm³/mol. The van der Waals surface area contributed by atoms with Crippen molar-refractivity contribution < 1.29 is 17.9 Å². The van der Waals surface area contributed by atoms with Gasteiger partial charge in [-0.05, 0) is 37.5 Å². The summed E-state index contributed by atoms with van der Waals surface area (Å²) in [5.74, 6) is 0.456. The van der Waals surface area contributed by atoms with Crippen LogP contribution in [-0.2, 0) is 19.6 Å². The Labute approximate surface area is 174 Å². The summed E-state index contributed by atoms with van der Waals surface area (Å²) in [6, 6.07) is 7.16. The molecule has 1 amide bonds. The fourth-order valence-electron chi connectivity index (χ4n) is 3.97. The molecule has 0 bridgehead atoms. The molecule has 1 aromatic carbocycles. The fourth-order valence-corrected chi connectivity index (χ4v) is 5.40. The molecule has 2 heterocycles. The standard InChI is InChI=1S/C21H33N3O4S/c1-16(2)19-5-7-20(8-6-19)29(26,27)24-11-9-22(10-12-24)15-21(25)23-13-17(3)28-18(4)14-23/h5-8,16-18H,9-15H2,1-4H3/t17-,18+. The van der Waals surface area contributed by atoms with Gasteiger partial charge in [-0.25, -0.2) is 8.42 Å². The van der Waals surface area contributed by atoms with E-state index in [-0.39, 0.29) is 18.1 Å². The van der Waals surface area contributed by atoms with Gasteiger partial charge in [0.25, 0.3) is 0 Å². The molecule has 2 atom stereocenters. The van der Waals surface area contributed by atoms with Gasteiger partial charge >= 0.3 is 0 Å². The maximum atomic E-state index is 12.9. The lowest BCUT2D eigenvalue weighted by Crippen LogP contribution is -2.54. The second-order valence-electron chi connectivity index (χ2n) is 8.46. The maximum absolute atomic E-state index is 12.9. The molecular formula is C21H33N3O4S. The normalized spacial score (nSPS) is 24.8. The lowest BCUT2D eigenvalue weighted by atomic mass is 10.0. The summed E-state index contributed by atoms with van der Waals surface area (Å²) >= 11 is 0. The largest absolute Gasteiger partial charge is 0.372 e. The van der Waals surface area contributed by atoms with Gasteiger partial charge in [0.2, 0.25) is 15.9 Å². The molecule has 0 aliphatic carbocycles. The van der Waals surface area contributed by atoms with E-state index in [1.165, 1.54) is 4.31 Å². The number of nitrogens with zero attached hydrogens (tertiary/aromatic N) is 3. The predicted octanol–water partition coefficient (Wildman–Crippen LogP) is 1.75. The summed E-state index contributed by atoms with van der Waals surface area (Å²) in [5, 5.41) is 0. The molecule has 7 nitrogen and oxygen atoms in total. The molecule has 3 rings (SSSR count). The zero-order valence-corrected chi connectivity index (χ0v) is 18.7. The lowest BCUT2D eigenvalue weighted by Gasteiger charge is -2.38. The molecule has 1 aromatic rings. The molecule has 0 unspecified atom stereocenters. The van der Waals surface area contributed by atoms with E-state index in [0.29, 0.717) is 56.6 Å². The Bertz CT molecular complexity index is 792. The van der Waals surface area contributed by atoms with Crippen molar-refractivity contribution in [1.82, 2.24) is 14.1 Å². The van der Waals surface area contributed by atoms with Crippen molar-refractivity contribution in [3.8, 4) is 0 Å². The number of hydrogen-bond acceptors (Lipinski definition) is 5. The Hall–Kier alpha value is -1.48. The van der Waals surface area contributed by atoms with E-state index in [9.17, 15) is 13.2 Å². The second-order valence-corrected chi connectivity index (χ2v) is 10.4. The second kappa shape index (κ2) is 9.12. The van der Waals surface area contributed by atoms with Crippen LogP contribution in [0.5, 0.6) is 0 Å². The molecule has 2 saturated heterocycles. The molecule has 2 aliphatic rings. The summed E-state index contributed by atoms with van der Waals surface area (Å²) in [6.45, 7) is 11.6. The van der Waals surface area contributed by atoms with Gasteiger partial charge in [0.05, 0.1) is 23.6 Å². The van der Waals surface area contributed by atoms with Gasteiger partial charge < -0.3 is 9.64 Å². The van der Waals surface area contributed by atoms with E-state index < -0.39 is 10.0 Å². The summed E-state index contributed by atoms with van der Waals surface area (Å²) in [6.07, 6.45) is 0.0959. The number of rotatable bonds is 5. The van der Waals surface area contributed by atoms with Gasteiger partial charge in [-0.1, -0.05) is 26.0 Å². The summed E-state index contributed by atoms with van der Waals surface area (Å²) in [7, 11) is -3.50. The van der Waals surface area contributed by atoms with Crippen LogP contribution >= 0.6 is 0 Å². The van der Waals surface area contributed by atoms with E-state index in [4.69, 9.17) is 4.74 Å². The molecule has 2 fully saturated rings. The topological polar surface area (TPSA) is 70.2 Å². The first-order valence-corrected chi connectivity index (χ1v) is 11.9. The molecule has 2 aliphatic heterocycles. The molecule has 8 heteroatoms. The van der Waals surface area contributed by atoms with Crippen molar-refractivity contribution >= 4 is 15.9 Å². The van der Waals surface area contributed by atoms with Crippen molar-refractivity contribution in [1.29, 1.82) is 0 Å². The Morgan fingerprint density at radius 2 is 1.59 bits per heavy atom. The van der Waals surface area contributed by atoms with Crippen LogP contribution in [-0.4, -0.2) is 86.5 Å². The van der Waals surface area contributed by atoms with Crippen molar-refractivity contribution in [2.45, 2.75) is 50.7 Å². The minimum Gasteiger partial charge on any atom is -0.372 e. The molecule has 0 N–H and O–H groups in total. The number of morpholine rings is 1. The fraction of sp³-hybridized carbons (Fsp3) is 0.667. The maximum Gasteiger partial charge on any atom is 0.243 e. The SMILES string of the molecule is CC(C)c1ccc(S(=O)(=O)N2CCN(CC(=O)N3C[C@@H](C)O[C@@H](C)C3)CC2)cc1. The smallest absolute Gasteiger partial charge is 0.243 e. The van der Waals surface area contributed by atoms with Crippen LogP contribution in [0.1, 0.15) is 39.2 Å². The average Bonchev–Trinajstić information content (AvgIpc) is 2.67. The number of piperazine rings is 1. The van der Waals surface area contributed by atoms with Gasteiger partial charge in [-0.15, -0.1) is 0 Å². The van der Waals surface area contributed by atoms with E-state index >= 15 is 0 Å². The molecule has 162 valence electrons. The van der Waals surface area contributed by atoms with Crippen LogP contribution in [0, 0.1) is 0 Å². The van der Waals surface area contributed by atoms with Crippen molar-refractivity contribution in [2.75, 3.05) is 45.8 Å². The van der Waals surface area contributed by atoms with E-state index in [2.05, 4.69) is 13.8 Å². The zero-order chi connectivity index (χ0) is 21.2. The van der Waals surface area contributed by atoms with Crippen LogP contribution in [0.3, 0.4) is 0 Å². The van der Waals surface area contributed by atoms with Crippen molar-refractivity contribution in [2.24, 2.45) is 0 Å². The molecule has 0 radical (unpaired) electrons. The van der Waals surface area contributed by atoms with Crippen LogP contribution in [0.2, 0.25) is 0 Å². The number of amides is 1. The lowest BCUT2D eigenvalue weighted by molar-refractivity contribution is -0.144. The summed E-state index contributed by atoms with van der Waals surface area (Å²) in [5.41, 5.74) is 1.12. The van der Waals surface area contributed by atoms with E-state index in [0.717, 1.165) is 5.56 Å². The number of sulfonamides is 1. The third kappa shape index (κ3) is 5.36. The third-order valence-corrected chi connectivity index (χ3v) is 7.56. The summed E-state index contributed by atoms with van der Waals surface area (Å²) in [4.78, 5) is 16.9. The van der Waals surface area contributed by atoms with E-state index in [1.54, 1.807) is 12.1 Å². The third-order valence-electron chi connectivity index (χ3n) is 5.65. The summed E-state index contributed by atoms with van der Waals surface area (Å²) < 4.78 is 33.1. The van der Waals surface area contributed by atoms with Crippen molar-refractivity contribution in [3.63, 3.8) is 0 Å². The Balaban J connectivity index is 1.55.